The third kappa shape index (κ3) is 2.40. The standard InChI is InChI=1S/C14H12FNO4/c1-8(17)9-5-13(14(18)19)16(7-9)12-6-10(20-2)3-4-11(12)15/h3-7H,1-2H3,(H,18,19). The number of aromatic carboxylic acids is 1. The molecule has 0 aliphatic heterocycles. The van der Waals surface area contributed by atoms with Crippen LogP contribution in [0.5, 0.6) is 5.75 Å². The highest BCUT2D eigenvalue weighted by molar-refractivity contribution is 5.97. The zero-order valence-electron chi connectivity index (χ0n) is 10.9. The van der Waals surface area contributed by atoms with Crippen LogP contribution >= 0.6 is 0 Å². The minimum Gasteiger partial charge on any atom is -0.497 e. The number of nitrogens with zero attached hydrogens (tertiary/aromatic N) is 1. The second-order valence-corrected chi connectivity index (χ2v) is 4.16. The van der Waals surface area contributed by atoms with Gasteiger partial charge in [-0.1, -0.05) is 0 Å². The normalized spacial score (nSPS) is 10.3. The number of benzene rings is 1. The largest absolute Gasteiger partial charge is 0.497 e. The summed E-state index contributed by atoms with van der Waals surface area (Å²) in [5.41, 5.74) is 0.0150. The Morgan fingerprint density at radius 1 is 1.30 bits per heavy atom. The number of carboxylic acids is 1. The number of carbonyl (C=O) groups excluding carboxylic acids is 1. The number of carboxylic acid groups (broad SMARTS) is 1. The molecule has 0 saturated carbocycles. The maximum atomic E-state index is 13.9. The highest BCUT2D eigenvalue weighted by Crippen LogP contribution is 2.23. The molecule has 1 aromatic heterocycles. The second kappa shape index (κ2) is 5.16. The average molecular weight is 277 g/mol. The fourth-order valence-electron chi connectivity index (χ4n) is 1.82. The van der Waals surface area contributed by atoms with E-state index in [1.165, 1.54) is 44.5 Å². The lowest BCUT2D eigenvalue weighted by Gasteiger charge is -2.09. The summed E-state index contributed by atoms with van der Waals surface area (Å²) in [6.45, 7) is 1.31. The van der Waals surface area contributed by atoms with Gasteiger partial charge in [-0.15, -0.1) is 0 Å². The Hall–Kier alpha value is -2.63. The first-order valence-corrected chi connectivity index (χ1v) is 5.74. The molecule has 0 bridgehead atoms. The van der Waals surface area contributed by atoms with Crippen molar-refractivity contribution < 1.29 is 23.8 Å². The molecule has 104 valence electrons. The van der Waals surface area contributed by atoms with Gasteiger partial charge in [0.15, 0.2) is 5.78 Å². The monoisotopic (exact) mass is 277 g/mol. The number of hydrogen-bond acceptors (Lipinski definition) is 3. The summed E-state index contributed by atoms with van der Waals surface area (Å²) < 4.78 is 20.0. The number of methoxy groups -OCH3 is 1. The van der Waals surface area contributed by atoms with Crippen molar-refractivity contribution in [3.8, 4) is 11.4 Å². The summed E-state index contributed by atoms with van der Waals surface area (Å²) in [4.78, 5) is 22.6. The third-order valence-corrected chi connectivity index (χ3v) is 2.86. The van der Waals surface area contributed by atoms with Crippen LogP contribution in [0.3, 0.4) is 0 Å². The first kappa shape index (κ1) is 13.8. The molecule has 2 rings (SSSR count). The van der Waals surface area contributed by atoms with Crippen molar-refractivity contribution in [2.24, 2.45) is 0 Å². The van der Waals surface area contributed by atoms with Gasteiger partial charge in [0.1, 0.15) is 17.3 Å². The molecular formula is C14H12FNO4. The Kier molecular flexibility index (Phi) is 3.56. The van der Waals surface area contributed by atoms with Gasteiger partial charge in [0.2, 0.25) is 0 Å². The van der Waals surface area contributed by atoms with Crippen molar-refractivity contribution in [2.45, 2.75) is 6.92 Å². The van der Waals surface area contributed by atoms with E-state index in [0.717, 1.165) is 4.57 Å². The van der Waals surface area contributed by atoms with Crippen molar-refractivity contribution in [2.75, 3.05) is 7.11 Å². The Morgan fingerprint density at radius 3 is 2.55 bits per heavy atom. The molecule has 0 aliphatic carbocycles. The van der Waals surface area contributed by atoms with Gasteiger partial charge in [-0.25, -0.2) is 9.18 Å². The molecule has 1 N–H and O–H groups in total. The smallest absolute Gasteiger partial charge is 0.352 e. The second-order valence-electron chi connectivity index (χ2n) is 4.16. The van der Waals surface area contributed by atoms with Crippen LogP contribution in [0, 0.1) is 5.82 Å². The van der Waals surface area contributed by atoms with Crippen molar-refractivity contribution in [3.63, 3.8) is 0 Å². The van der Waals surface area contributed by atoms with Crippen LogP contribution in [0.4, 0.5) is 4.39 Å². The van der Waals surface area contributed by atoms with E-state index in [1.807, 2.05) is 0 Å². The molecule has 0 saturated heterocycles. The van der Waals surface area contributed by atoms with Crippen molar-refractivity contribution in [1.29, 1.82) is 0 Å². The van der Waals surface area contributed by atoms with Crippen LogP contribution in [0.2, 0.25) is 0 Å². The minimum absolute atomic E-state index is 0.00856. The third-order valence-electron chi connectivity index (χ3n) is 2.86. The number of ketones is 1. The summed E-state index contributed by atoms with van der Waals surface area (Å²) in [6.07, 6.45) is 1.30. The molecule has 20 heavy (non-hydrogen) atoms. The number of rotatable bonds is 4. The first-order valence-electron chi connectivity index (χ1n) is 5.74. The van der Waals surface area contributed by atoms with Gasteiger partial charge in [-0.05, 0) is 25.1 Å². The summed E-state index contributed by atoms with van der Waals surface area (Å²) in [7, 11) is 1.42. The summed E-state index contributed by atoms with van der Waals surface area (Å²) >= 11 is 0. The SMILES string of the molecule is COc1ccc(F)c(-n2cc(C(C)=O)cc2C(=O)O)c1. The molecule has 0 aliphatic rings. The van der Waals surface area contributed by atoms with Gasteiger partial charge in [0.05, 0.1) is 12.8 Å². The van der Waals surface area contributed by atoms with E-state index in [9.17, 15) is 14.0 Å². The Labute approximate surface area is 114 Å². The van der Waals surface area contributed by atoms with Crippen LogP contribution in [0.15, 0.2) is 30.5 Å². The van der Waals surface area contributed by atoms with Crippen LogP contribution in [0.25, 0.3) is 5.69 Å². The molecule has 0 unspecified atom stereocenters. The van der Waals surface area contributed by atoms with Crippen LogP contribution < -0.4 is 4.74 Å². The fraction of sp³-hybridized carbons (Fsp3) is 0.143. The summed E-state index contributed by atoms with van der Waals surface area (Å²) in [5, 5.41) is 9.15. The van der Waals surface area contributed by atoms with Gasteiger partial charge in [-0.2, -0.15) is 0 Å². The number of hydrogen-bond donors (Lipinski definition) is 1. The van der Waals surface area contributed by atoms with Crippen LogP contribution in [0.1, 0.15) is 27.8 Å². The van der Waals surface area contributed by atoms with E-state index < -0.39 is 11.8 Å². The van der Waals surface area contributed by atoms with E-state index in [0.29, 0.717) is 5.75 Å². The summed E-state index contributed by atoms with van der Waals surface area (Å²) in [6, 6.07) is 5.18. The fourth-order valence-corrected chi connectivity index (χ4v) is 1.82. The van der Waals surface area contributed by atoms with E-state index in [1.54, 1.807) is 0 Å². The molecule has 1 aromatic carbocycles. The lowest BCUT2D eigenvalue weighted by Crippen LogP contribution is -2.07. The van der Waals surface area contributed by atoms with Crippen molar-refractivity contribution in [3.05, 3.63) is 47.5 Å². The number of halogens is 1. The molecule has 6 heteroatoms. The molecule has 1 heterocycles. The van der Waals surface area contributed by atoms with Crippen LogP contribution in [-0.4, -0.2) is 28.5 Å². The number of carbonyl (C=O) groups is 2. The molecule has 0 atom stereocenters. The Bertz CT molecular complexity index is 690. The van der Waals surface area contributed by atoms with E-state index in [4.69, 9.17) is 9.84 Å². The highest BCUT2D eigenvalue weighted by atomic mass is 19.1. The maximum absolute atomic E-state index is 13.9. The van der Waals surface area contributed by atoms with E-state index in [-0.39, 0.29) is 22.7 Å². The molecule has 0 amide bonds. The van der Waals surface area contributed by atoms with Gasteiger partial charge in [0.25, 0.3) is 0 Å². The van der Waals surface area contributed by atoms with E-state index >= 15 is 0 Å². The van der Waals surface area contributed by atoms with Gasteiger partial charge in [-0.3, -0.25) is 4.79 Å². The molecule has 0 fully saturated rings. The van der Waals surface area contributed by atoms with Gasteiger partial charge < -0.3 is 14.4 Å². The van der Waals surface area contributed by atoms with E-state index in [2.05, 4.69) is 0 Å². The zero-order valence-corrected chi connectivity index (χ0v) is 10.9. The Morgan fingerprint density at radius 2 is 2.00 bits per heavy atom. The molecule has 2 aromatic rings. The zero-order chi connectivity index (χ0) is 14.9. The molecule has 0 spiro atoms. The quantitative estimate of drug-likeness (QED) is 0.872. The molecule has 5 nitrogen and oxygen atoms in total. The number of Topliss-reactive ketones (excluding diaryl/α,β-unsaturated/α-hetero) is 1. The Balaban J connectivity index is 2.67. The lowest BCUT2D eigenvalue weighted by atomic mass is 10.2. The predicted molar refractivity (Wildman–Crippen MR) is 69.2 cm³/mol. The predicted octanol–water partition coefficient (Wildman–Crippen LogP) is 2.53. The van der Waals surface area contributed by atoms with Crippen LogP contribution in [-0.2, 0) is 0 Å². The van der Waals surface area contributed by atoms with Gasteiger partial charge in [0, 0.05) is 17.8 Å². The number of aromatic nitrogens is 1. The molecular weight excluding hydrogens is 265 g/mol. The van der Waals surface area contributed by atoms with Crippen molar-refractivity contribution >= 4 is 11.8 Å². The summed E-state index contributed by atoms with van der Waals surface area (Å²) in [5.74, 6) is -1.77. The van der Waals surface area contributed by atoms with Gasteiger partial charge >= 0.3 is 5.97 Å². The van der Waals surface area contributed by atoms with Crippen molar-refractivity contribution in [1.82, 2.24) is 4.57 Å². The minimum atomic E-state index is -1.25. The number of ether oxygens (including phenoxy) is 1. The lowest BCUT2D eigenvalue weighted by molar-refractivity contribution is 0.0688. The topological polar surface area (TPSA) is 68.5 Å². The highest BCUT2D eigenvalue weighted by Gasteiger charge is 2.18. The maximum Gasteiger partial charge on any atom is 0.352 e. The average Bonchev–Trinajstić information content (AvgIpc) is 2.84. The first-order chi connectivity index (χ1) is 9.43. The molecule has 0 radical (unpaired) electrons.